The van der Waals surface area contributed by atoms with E-state index in [0.29, 0.717) is 42.9 Å². The summed E-state index contributed by atoms with van der Waals surface area (Å²) in [5, 5.41) is 4.44. The van der Waals surface area contributed by atoms with Crippen LogP contribution in [0, 0.1) is 0 Å². The Kier molecular flexibility index (Phi) is 11.4. The molecule has 1 aromatic heterocycles. The van der Waals surface area contributed by atoms with Crippen molar-refractivity contribution in [3.8, 4) is 0 Å². The number of ether oxygens (including phenoxy) is 2. The number of aromatic nitrogens is 1. The largest absolute Gasteiger partial charge is 0.447 e. The zero-order chi connectivity index (χ0) is 25.0. The fourth-order valence-corrected chi connectivity index (χ4v) is 4.41. The number of nitrogens with zero attached hydrogens (tertiary/aromatic N) is 4. The van der Waals surface area contributed by atoms with Crippen LogP contribution in [0.3, 0.4) is 0 Å². The molecule has 3 rings (SSSR count). The van der Waals surface area contributed by atoms with Crippen molar-refractivity contribution < 1.29 is 14.3 Å². The minimum absolute atomic E-state index is 0.273. The maximum Gasteiger partial charge on any atom is 0.409 e. The molecule has 2 heterocycles. The minimum Gasteiger partial charge on any atom is -0.447 e. The van der Waals surface area contributed by atoms with Crippen LogP contribution >= 0.6 is 23.2 Å². The summed E-state index contributed by atoms with van der Waals surface area (Å²) >= 11 is 12.2. The van der Waals surface area contributed by atoms with Crippen molar-refractivity contribution in [2.45, 2.75) is 20.4 Å². The molecule has 1 N–H and O–H groups in total. The molecular weight excluding hydrogens is 489 g/mol. The highest BCUT2D eigenvalue weighted by Gasteiger charge is 2.23. The van der Waals surface area contributed by atoms with Gasteiger partial charge < -0.3 is 24.6 Å². The van der Waals surface area contributed by atoms with Crippen molar-refractivity contribution in [3.63, 3.8) is 0 Å². The van der Waals surface area contributed by atoms with Crippen LogP contribution in [0.5, 0.6) is 0 Å². The average molecular weight is 524 g/mol. The number of amides is 1. The molecule has 0 radical (unpaired) electrons. The second-order valence-corrected chi connectivity index (χ2v) is 9.18. The lowest BCUT2D eigenvalue weighted by Crippen LogP contribution is -2.48. The van der Waals surface area contributed by atoms with Gasteiger partial charge in [0.05, 0.1) is 13.2 Å². The normalized spacial score (nSPS) is 14.4. The van der Waals surface area contributed by atoms with E-state index in [4.69, 9.17) is 32.7 Å². The Hall–Kier alpha value is -2.10. The Bertz CT molecular complexity index is 917. The molecule has 1 aromatic carbocycles. The van der Waals surface area contributed by atoms with Crippen LogP contribution in [0.15, 0.2) is 36.5 Å². The van der Waals surface area contributed by atoms with E-state index in [2.05, 4.69) is 33.9 Å². The van der Waals surface area contributed by atoms with Crippen LogP contribution in [0.2, 0.25) is 10.0 Å². The number of hydrogen-bond donors (Lipinski definition) is 1. The zero-order valence-electron chi connectivity index (χ0n) is 20.5. The van der Waals surface area contributed by atoms with Gasteiger partial charge in [0.2, 0.25) is 0 Å². The topological polar surface area (TPSA) is 70.2 Å². The minimum atomic E-state index is -0.279. The second kappa shape index (κ2) is 14.5. The summed E-state index contributed by atoms with van der Waals surface area (Å²) in [6, 6.07) is 9.28. The molecule has 1 aliphatic heterocycles. The van der Waals surface area contributed by atoms with E-state index in [9.17, 15) is 4.79 Å². The highest BCUT2D eigenvalue weighted by Crippen LogP contribution is 2.26. The van der Waals surface area contributed by atoms with Crippen LogP contribution < -0.4 is 5.32 Å². The Morgan fingerprint density at radius 1 is 1.06 bits per heavy atom. The van der Waals surface area contributed by atoms with Gasteiger partial charge in [0, 0.05) is 66.8 Å². The molecule has 2 aromatic rings. The maximum absolute atomic E-state index is 12.4. The summed E-state index contributed by atoms with van der Waals surface area (Å²) in [7, 11) is 0. The molecule has 0 bridgehead atoms. The molecular formula is C25H35Cl2N5O3. The number of carbonyl (C=O) groups excluding carboxylic acids is 1. The number of pyridine rings is 1. The Labute approximate surface area is 218 Å². The summed E-state index contributed by atoms with van der Waals surface area (Å²) in [6.07, 6.45) is 1.47. The number of carbonyl (C=O) groups is 1. The predicted molar refractivity (Wildman–Crippen MR) is 141 cm³/mol. The molecule has 0 unspecified atom stereocenters. The third kappa shape index (κ3) is 9.13. The van der Waals surface area contributed by atoms with Crippen molar-refractivity contribution in [1.82, 2.24) is 19.7 Å². The van der Waals surface area contributed by atoms with Crippen LogP contribution in [0.4, 0.5) is 16.3 Å². The van der Waals surface area contributed by atoms with Crippen LogP contribution in [0.1, 0.15) is 19.4 Å². The van der Waals surface area contributed by atoms with E-state index in [1.165, 1.54) is 0 Å². The first-order valence-corrected chi connectivity index (χ1v) is 12.8. The van der Waals surface area contributed by atoms with Gasteiger partial charge in [-0.15, -0.1) is 0 Å². The van der Waals surface area contributed by atoms with Gasteiger partial charge in [0.15, 0.2) is 0 Å². The quantitative estimate of drug-likeness (QED) is 0.402. The van der Waals surface area contributed by atoms with Gasteiger partial charge in [-0.3, -0.25) is 4.90 Å². The molecule has 0 atom stereocenters. The van der Waals surface area contributed by atoms with Crippen LogP contribution in [-0.4, -0.2) is 91.4 Å². The van der Waals surface area contributed by atoms with Crippen molar-refractivity contribution in [1.29, 1.82) is 0 Å². The number of anilines is 2. The Balaban J connectivity index is 1.40. The fourth-order valence-electron chi connectivity index (χ4n) is 3.89. The van der Waals surface area contributed by atoms with E-state index in [1.807, 2.05) is 24.3 Å². The van der Waals surface area contributed by atoms with Gasteiger partial charge in [0.1, 0.15) is 12.4 Å². The number of hydrogen-bond acceptors (Lipinski definition) is 7. The molecule has 35 heavy (non-hydrogen) atoms. The molecule has 192 valence electrons. The lowest BCUT2D eigenvalue weighted by atomic mass is 10.2. The molecule has 1 amide bonds. The molecule has 0 spiro atoms. The Morgan fingerprint density at radius 2 is 1.77 bits per heavy atom. The van der Waals surface area contributed by atoms with Crippen molar-refractivity contribution in [2.75, 3.05) is 71.0 Å². The monoisotopic (exact) mass is 523 g/mol. The fraction of sp³-hybridized carbons (Fsp3) is 0.520. The van der Waals surface area contributed by atoms with E-state index >= 15 is 0 Å². The number of rotatable bonds is 12. The smallest absolute Gasteiger partial charge is 0.409 e. The van der Waals surface area contributed by atoms with E-state index in [1.54, 1.807) is 17.2 Å². The third-order valence-corrected chi connectivity index (χ3v) is 6.38. The average Bonchev–Trinajstić information content (AvgIpc) is 2.84. The summed E-state index contributed by atoms with van der Waals surface area (Å²) in [6.45, 7) is 12.0. The highest BCUT2D eigenvalue weighted by molar-refractivity contribution is 6.35. The van der Waals surface area contributed by atoms with Gasteiger partial charge in [-0.1, -0.05) is 43.1 Å². The van der Waals surface area contributed by atoms with Crippen molar-refractivity contribution in [2.24, 2.45) is 0 Å². The van der Waals surface area contributed by atoms with Crippen LogP contribution in [0.25, 0.3) is 0 Å². The third-order valence-electron chi connectivity index (χ3n) is 5.94. The summed E-state index contributed by atoms with van der Waals surface area (Å²) in [5.41, 5.74) is 1.84. The molecule has 10 heteroatoms. The maximum atomic E-state index is 12.4. The Morgan fingerprint density at radius 3 is 2.46 bits per heavy atom. The molecule has 1 aliphatic rings. The highest BCUT2D eigenvalue weighted by atomic mass is 35.5. The van der Waals surface area contributed by atoms with Crippen molar-refractivity contribution >= 4 is 40.8 Å². The van der Waals surface area contributed by atoms with Gasteiger partial charge in [-0.2, -0.15) is 0 Å². The lowest BCUT2D eigenvalue weighted by molar-refractivity contribution is 0.0384. The van der Waals surface area contributed by atoms with Gasteiger partial charge in [-0.25, -0.2) is 9.78 Å². The molecule has 8 nitrogen and oxygen atoms in total. The van der Waals surface area contributed by atoms with Crippen LogP contribution in [-0.2, 0) is 16.0 Å². The number of nitrogens with one attached hydrogen (secondary N) is 1. The SMILES string of the molecule is CCN(CC)CCOCCOC(=O)N1CCN(Cc2cccnc2Nc2cc(Cl)cc(Cl)c2)CC1. The predicted octanol–water partition coefficient (Wildman–Crippen LogP) is 4.74. The van der Waals surface area contributed by atoms with Gasteiger partial charge in [-0.05, 0) is 37.4 Å². The molecule has 0 aliphatic carbocycles. The van der Waals surface area contributed by atoms with Crippen molar-refractivity contribution in [3.05, 3.63) is 52.1 Å². The van der Waals surface area contributed by atoms with Gasteiger partial charge >= 0.3 is 6.09 Å². The first-order chi connectivity index (χ1) is 17.0. The standard InChI is InChI=1S/C25H35Cl2N5O3/c1-3-30(4-2)12-13-34-14-15-35-25(33)32-10-8-31(9-11-32)19-20-6-5-7-28-24(20)29-23-17-21(26)16-22(27)18-23/h5-7,16-18H,3-4,8-15,19H2,1-2H3,(H,28,29). The van der Waals surface area contributed by atoms with Gasteiger partial charge in [0.25, 0.3) is 0 Å². The summed E-state index contributed by atoms with van der Waals surface area (Å²) in [4.78, 5) is 23.2. The van der Waals surface area contributed by atoms with E-state index < -0.39 is 0 Å². The molecule has 0 saturated carbocycles. The zero-order valence-corrected chi connectivity index (χ0v) is 22.0. The number of piperazine rings is 1. The first-order valence-electron chi connectivity index (χ1n) is 12.1. The van der Waals surface area contributed by atoms with E-state index in [-0.39, 0.29) is 12.7 Å². The second-order valence-electron chi connectivity index (χ2n) is 8.31. The summed E-state index contributed by atoms with van der Waals surface area (Å²) in [5.74, 6) is 0.758. The number of benzene rings is 1. The lowest BCUT2D eigenvalue weighted by Gasteiger charge is -2.34. The number of likely N-dealkylation sites (N-methyl/N-ethyl adjacent to an activating group) is 1. The summed E-state index contributed by atoms with van der Waals surface area (Å²) < 4.78 is 11.0. The number of halogens is 2. The molecule has 1 fully saturated rings. The molecule has 1 saturated heterocycles. The first kappa shape index (κ1) is 27.5. The van der Waals surface area contributed by atoms with E-state index in [0.717, 1.165) is 49.8 Å².